The van der Waals surface area contributed by atoms with Crippen molar-refractivity contribution in [2.24, 2.45) is 10.4 Å². The van der Waals surface area contributed by atoms with Crippen molar-refractivity contribution in [3.05, 3.63) is 35.5 Å². The van der Waals surface area contributed by atoms with Gasteiger partial charge in [-0.25, -0.2) is 8.42 Å². The Kier molecular flexibility index (Phi) is 7.52. The van der Waals surface area contributed by atoms with E-state index in [-0.39, 0.29) is 11.2 Å². The van der Waals surface area contributed by atoms with E-state index in [9.17, 15) is 8.42 Å². The number of aromatic amines is 1. The zero-order valence-electron chi connectivity index (χ0n) is 17.7. The van der Waals surface area contributed by atoms with E-state index in [1.807, 2.05) is 6.92 Å². The molecular weight excluding hydrogens is 372 g/mol. The first-order valence-electron chi connectivity index (χ1n) is 9.87. The average molecular weight is 407 g/mol. The summed E-state index contributed by atoms with van der Waals surface area (Å²) < 4.78 is 22.9. The molecule has 0 saturated heterocycles. The Bertz CT molecular complexity index is 914. The normalized spacial score (nSPS) is 13.1. The number of benzene rings is 1. The fraction of sp³-hybridized carbons (Fsp3) is 0.571. The first-order valence-corrected chi connectivity index (χ1v) is 11.9. The Morgan fingerprint density at radius 1 is 1.25 bits per heavy atom. The van der Waals surface area contributed by atoms with E-state index in [4.69, 9.17) is 0 Å². The maximum absolute atomic E-state index is 11.4. The van der Waals surface area contributed by atoms with Gasteiger partial charge in [0.15, 0.2) is 5.96 Å². The lowest BCUT2D eigenvalue weighted by molar-refractivity contribution is 0.365. The first-order chi connectivity index (χ1) is 13.1. The number of hydrogen-bond acceptors (Lipinski definition) is 3. The van der Waals surface area contributed by atoms with Crippen molar-refractivity contribution >= 4 is 26.7 Å². The van der Waals surface area contributed by atoms with Crippen LogP contribution >= 0.6 is 0 Å². The van der Waals surface area contributed by atoms with E-state index < -0.39 is 9.84 Å². The molecule has 0 aliphatic rings. The largest absolute Gasteiger partial charge is 0.361 e. The van der Waals surface area contributed by atoms with Crippen molar-refractivity contribution in [2.45, 2.75) is 40.5 Å². The number of guanidine groups is 1. The molecule has 0 fully saturated rings. The van der Waals surface area contributed by atoms with Gasteiger partial charge in [0.1, 0.15) is 9.84 Å². The Morgan fingerprint density at radius 3 is 2.68 bits per heavy atom. The van der Waals surface area contributed by atoms with Crippen molar-refractivity contribution < 1.29 is 8.42 Å². The molecule has 28 heavy (non-hydrogen) atoms. The van der Waals surface area contributed by atoms with Crippen LogP contribution in [-0.4, -0.2) is 51.0 Å². The molecule has 0 bridgehead atoms. The van der Waals surface area contributed by atoms with Crippen molar-refractivity contribution in [1.82, 2.24) is 15.6 Å². The van der Waals surface area contributed by atoms with Crippen LogP contribution in [0.5, 0.6) is 0 Å². The van der Waals surface area contributed by atoms with Crippen LogP contribution in [0, 0.1) is 12.3 Å². The van der Waals surface area contributed by atoms with Crippen LogP contribution in [0.3, 0.4) is 0 Å². The lowest BCUT2D eigenvalue weighted by Gasteiger charge is -2.22. The van der Waals surface area contributed by atoms with Gasteiger partial charge in [-0.2, -0.15) is 0 Å². The molecule has 0 unspecified atom stereocenters. The molecule has 2 aromatic rings. The summed E-state index contributed by atoms with van der Waals surface area (Å²) in [6.45, 7) is 10.4. The van der Waals surface area contributed by atoms with Crippen LogP contribution in [0.15, 0.2) is 29.4 Å². The quantitative estimate of drug-likeness (QED) is 0.441. The zero-order chi connectivity index (χ0) is 20.8. The van der Waals surface area contributed by atoms with Crippen LogP contribution in [0.25, 0.3) is 10.9 Å². The predicted octanol–water partition coefficient (Wildman–Crippen LogP) is 3.03. The van der Waals surface area contributed by atoms with Crippen LogP contribution < -0.4 is 10.6 Å². The van der Waals surface area contributed by atoms with Gasteiger partial charge in [-0.05, 0) is 49.3 Å². The van der Waals surface area contributed by atoms with Crippen molar-refractivity contribution in [3.8, 4) is 0 Å². The third-order valence-corrected chi connectivity index (χ3v) is 5.79. The summed E-state index contributed by atoms with van der Waals surface area (Å²) >= 11 is 0. The fourth-order valence-electron chi connectivity index (χ4n) is 3.14. The van der Waals surface area contributed by atoms with Gasteiger partial charge >= 0.3 is 0 Å². The topological polar surface area (TPSA) is 86.3 Å². The number of fused-ring (bicyclic) bond motifs is 1. The van der Waals surface area contributed by atoms with Gasteiger partial charge in [0.2, 0.25) is 0 Å². The van der Waals surface area contributed by atoms with Gasteiger partial charge in [-0.15, -0.1) is 0 Å². The lowest BCUT2D eigenvalue weighted by Crippen LogP contribution is -2.39. The first kappa shape index (κ1) is 22.3. The van der Waals surface area contributed by atoms with Crippen molar-refractivity contribution in [3.63, 3.8) is 0 Å². The van der Waals surface area contributed by atoms with Crippen LogP contribution in [0.1, 0.15) is 38.3 Å². The molecule has 7 heteroatoms. The maximum atomic E-state index is 11.4. The minimum atomic E-state index is -2.95. The monoisotopic (exact) mass is 406 g/mol. The highest BCUT2D eigenvalue weighted by molar-refractivity contribution is 7.90. The predicted molar refractivity (Wildman–Crippen MR) is 119 cm³/mol. The lowest BCUT2D eigenvalue weighted by atomic mass is 9.90. The molecule has 1 aromatic heterocycles. The number of aliphatic imine (C=N–C) groups is 1. The molecule has 1 aromatic carbocycles. The highest BCUT2D eigenvalue weighted by Crippen LogP contribution is 2.22. The van der Waals surface area contributed by atoms with E-state index in [0.717, 1.165) is 25.5 Å². The number of nitrogens with zero attached hydrogens (tertiary/aromatic N) is 1. The third kappa shape index (κ3) is 6.86. The number of aryl methyl sites for hydroxylation is 1. The van der Waals surface area contributed by atoms with E-state index >= 15 is 0 Å². The van der Waals surface area contributed by atoms with Gasteiger partial charge in [0, 0.05) is 43.0 Å². The minimum absolute atomic E-state index is 0.167. The molecule has 0 aliphatic carbocycles. The Hall–Kier alpha value is -2.02. The average Bonchev–Trinajstić information content (AvgIpc) is 3.02. The van der Waals surface area contributed by atoms with Gasteiger partial charge in [-0.3, -0.25) is 4.99 Å². The summed E-state index contributed by atoms with van der Waals surface area (Å²) in [4.78, 5) is 8.02. The van der Waals surface area contributed by atoms with Gasteiger partial charge in [0.25, 0.3) is 0 Å². The molecule has 6 nitrogen and oxygen atoms in total. The Balaban J connectivity index is 1.95. The summed E-state index contributed by atoms with van der Waals surface area (Å²) in [5, 5.41) is 7.96. The summed E-state index contributed by atoms with van der Waals surface area (Å²) in [6, 6.07) is 6.30. The molecule has 2 rings (SSSR count). The van der Waals surface area contributed by atoms with Crippen LogP contribution in [0.2, 0.25) is 0 Å². The van der Waals surface area contributed by atoms with E-state index in [2.05, 4.69) is 65.8 Å². The molecule has 3 N–H and O–H groups in total. The van der Waals surface area contributed by atoms with Crippen LogP contribution in [0.4, 0.5) is 0 Å². The standard InChI is InChI=1S/C21H34N4O2S/c1-6-22-20(25-15-21(3,4)11-13-28(5,26)27)23-12-10-17-14-24-18-9-7-8-16(2)19(17)18/h7-9,14,24H,6,10-13,15H2,1-5H3,(H2,22,23,25). The Morgan fingerprint density at radius 2 is 2.00 bits per heavy atom. The van der Waals surface area contributed by atoms with Crippen LogP contribution in [-0.2, 0) is 16.3 Å². The number of sulfone groups is 1. The van der Waals surface area contributed by atoms with Gasteiger partial charge in [-0.1, -0.05) is 26.0 Å². The molecule has 0 radical (unpaired) electrons. The molecule has 0 saturated carbocycles. The van der Waals surface area contributed by atoms with Gasteiger partial charge in [0.05, 0.1) is 5.75 Å². The number of aromatic nitrogens is 1. The second-order valence-electron chi connectivity index (χ2n) is 8.23. The summed E-state index contributed by atoms with van der Waals surface area (Å²) in [5.41, 5.74) is 3.58. The highest BCUT2D eigenvalue weighted by Gasteiger charge is 2.20. The summed E-state index contributed by atoms with van der Waals surface area (Å²) in [5.74, 6) is 0.964. The summed E-state index contributed by atoms with van der Waals surface area (Å²) in [7, 11) is -2.95. The number of nitrogens with one attached hydrogen (secondary N) is 3. The second-order valence-corrected chi connectivity index (χ2v) is 10.5. The van der Waals surface area contributed by atoms with E-state index in [0.29, 0.717) is 13.0 Å². The minimum Gasteiger partial charge on any atom is -0.361 e. The van der Waals surface area contributed by atoms with E-state index in [1.54, 1.807) is 0 Å². The smallest absolute Gasteiger partial charge is 0.191 e. The highest BCUT2D eigenvalue weighted by atomic mass is 32.2. The number of rotatable bonds is 9. The molecule has 0 aliphatic heterocycles. The van der Waals surface area contributed by atoms with Crippen molar-refractivity contribution in [2.75, 3.05) is 31.6 Å². The zero-order valence-corrected chi connectivity index (χ0v) is 18.5. The molecule has 1 heterocycles. The Labute approximate surface area is 169 Å². The van der Waals surface area contributed by atoms with E-state index in [1.165, 1.54) is 28.3 Å². The molecule has 156 valence electrons. The molecule has 0 amide bonds. The van der Waals surface area contributed by atoms with Gasteiger partial charge < -0.3 is 15.6 Å². The number of H-pyrrole nitrogens is 1. The SMILES string of the molecule is CCNC(=NCC(C)(C)CCS(C)(=O)=O)NCCc1c[nH]c2cccc(C)c12. The maximum Gasteiger partial charge on any atom is 0.191 e. The second kappa shape index (κ2) is 9.45. The van der Waals surface area contributed by atoms with Crippen molar-refractivity contribution in [1.29, 1.82) is 0 Å². The molecular formula is C21H34N4O2S. The molecule has 0 spiro atoms. The fourth-order valence-corrected chi connectivity index (χ4v) is 4.06. The summed E-state index contributed by atoms with van der Waals surface area (Å²) in [6.07, 6.45) is 4.86. The molecule has 0 atom stereocenters. The third-order valence-electron chi connectivity index (χ3n) is 4.84. The number of hydrogen-bond donors (Lipinski definition) is 3.